The molecule has 0 saturated carbocycles. The molecule has 2 aromatic rings. The Morgan fingerprint density at radius 2 is 1.35 bits per heavy atom. The second-order valence-electron chi connectivity index (χ2n) is 5.49. The lowest BCUT2D eigenvalue weighted by molar-refractivity contribution is 0.727. The molecule has 98 valence electrons. The van der Waals surface area contributed by atoms with Crippen molar-refractivity contribution < 1.29 is 0 Å². The van der Waals surface area contributed by atoms with Crippen molar-refractivity contribution in [1.29, 1.82) is 0 Å². The molecular weight excluding hydrogens is 259 g/mol. The number of allylic oxidation sites excluding steroid dienone is 4. The van der Waals surface area contributed by atoms with Gasteiger partial charge in [0.05, 0.1) is 0 Å². The van der Waals surface area contributed by atoms with Gasteiger partial charge in [0.1, 0.15) is 0 Å². The van der Waals surface area contributed by atoms with E-state index in [1.807, 2.05) is 0 Å². The van der Waals surface area contributed by atoms with Crippen LogP contribution in [0.3, 0.4) is 0 Å². The molecule has 2 atom stereocenters. The molecule has 0 nitrogen and oxygen atoms in total. The van der Waals surface area contributed by atoms with Gasteiger partial charge in [-0.25, -0.2) is 0 Å². The van der Waals surface area contributed by atoms with Crippen LogP contribution in [-0.2, 0) is 0 Å². The predicted molar refractivity (Wildman–Crippen MR) is 87.9 cm³/mol. The number of benzene rings is 2. The van der Waals surface area contributed by atoms with Crippen molar-refractivity contribution >= 4 is 18.5 Å². The first-order valence-electron chi connectivity index (χ1n) is 7.22. The van der Waals surface area contributed by atoms with Gasteiger partial charge in [-0.2, -0.15) is 0 Å². The fraction of sp³-hybridized carbons (Fsp3) is 0.158. The summed E-state index contributed by atoms with van der Waals surface area (Å²) in [7, 11) is -0.357. The third kappa shape index (κ3) is 2.05. The molecule has 0 radical (unpaired) electrons. The van der Waals surface area contributed by atoms with Gasteiger partial charge in [-0.15, -0.1) is 0 Å². The Balaban J connectivity index is 1.81. The van der Waals surface area contributed by atoms with E-state index in [1.165, 1.54) is 17.0 Å². The third-order valence-corrected chi connectivity index (χ3v) is 6.79. The summed E-state index contributed by atoms with van der Waals surface area (Å²) in [4.78, 5) is 0. The maximum atomic E-state index is 2.52. The number of fused-ring (bicyclic) bond motifs is 2. The van der Waals surface area contributed by atoms with Crippen LogP contribution >= 0.6 is 7.92 Å². The fourth-order valence-corrected chi connectivity index (χ4v) is 5.95. The molecule has 1 heteroatoms. The molecule has 2 unspecified atom stereocenters. The van der Waals surface area contributed by atoms with E-state index in [2.05, 4.69) is 78.9 Å². The summed E-state index contributed by atoms with van der Waals surface area (Å²) >= 11 is 0. The van der Waals surface area contributed by atoms with Crippen LogP contribution in [-0.4, -0.2) is 0 Å². The first-order chi connectivity index (χ1) is 9.92. The van der Waals surface area contributed by atoms with Gasteiger partial charge in [0, 0.05) is 5.92 Å². The molecule has 2 aliphatic carbocycles. The standard InChI is InChI=1S/C19H17P/c1-3-7-17(8-4-1)20(18-9-5-2-6-10-18)19-14-15-11-12-16(19)13-15/h1-12,14-16H,13H2. The first kappa shape index (κ1) is 12.1. The molecule has 20 heavy (non-hydrogen) atoms. The zero-order chi connectivity index (χ0) is 13.4. The Kier molecular flexibility index (Phi) is 3.05. The molecular formula is C19H17P. The van der Waals surface area contributed by atoms with Crippen LogP contribution in [0.2, 0.25) is 0 Å². The second-order valence-corrected chi connectivity index (χ2v) is 7.71. The molecule has 2 aliphatic rings. The van der Waals surface area contributed by atoms with Gasteiger partial charge < -0.3 is 0 Å². The summed E-state index contributed by atoms with van der Waals surface area (Å²) < 4.78 is 0. The maximum absolute atomic E-state index is 2.52. The molecule has 0 aromatic heterocycles. The zero-order valence-electron chi connectivity index (χ0n) is 11.3. The van der Waals surface area contributed by atoms with Crippen molar-refractivity contribution in [1.82, 2.24) is 0 Å². The molecule has 0 heterocycles. The molecule has 2 bridgehead atoms. The summed E-state index contributed by atoms with van der Waals surface area (Å²) in [5.41, 5.74) is 0. The van der Waals surface area contributed by atoms with E-state index in [0.29, 0.717) is 11.8 Å². The highest BCUT2D eigenvalue weighted by atomic mass is 31.1. The van der Waals surface area contributed by atoms with E-state index in [-0.39, 0.29) is 7.92 Å². The van der Waals surface area contributed by atoms with Crippen molar-refractivity contribution in [2.75, 3.05) is 0 Å². The SMILES string of the molecule is C1=CC2CC1C=C2P(c1ccccc1)c1ccccc1. The minimum Gasteiger partial charge on any atom is -0.0810 e. The van der Waals surface area contributed by atoms with Gasteiger partial charge in [0.25, 0.3) is 0 Å². The third-order valence-electron chi connectivity index (χ3n) is 4.17. The predicted octanol–water partition coefficient (Wildman–Crippen LogP) is 4.21. The summed E-state index contributed by atoms with van der Waals surface area (Å²) in [5, 5.41) is 4.60. The highest BCUT2D eigenvalue weighted by Crippen LogP contribution is 2.54. The average Bonchev–Trinajstić information content (AvgIpc) is 3.13. The van der Waals surface area contributed by atoms with E-state index in [1.54, 1.807) is 5.31 Å². The number of hydrogen-bond acceptors (Lipinski definition) is 0. The van der Waals surface area contributed by atoms with Crippen molar-refractivity contribution in [3.8, 4) is 0 Å². The van der Waals surface area contributed by atoms with Gasteiger partial charge in [-0.1, -0.05) is 78.9 Å². The van der Waals surface area contributed by atoms with Crippen LogP contribution in [0.5, 0.6) is 0 Å². The summed E-state index contributed by atoms with van der Waals surface area (Å²) in [6.07, 6.45) is 8.61. The summed E-state index contributed by atoms with van der Waals surface area (Å²) in [6, 6.07) is 22.0. The minimum atomic E-state index is -0.357. The molecule has 2 aromatic carbocycles. The fourth-order valence-electron chi connectivity index (χ4n) is 3.25. The molecule has 0 amide bonds. The number of rotatable bonds is 3. The molecule has 0 saturated heterocycles. The molecule has 4 rings (SSSR count). The minimum absolute atomic E-state index is 0.357. The zero-order valence-corrected chi connectivity index (χ0v) is 12.2. The van der Waals surface area contributed by atoms with Crippen LogP contribution in [0.15, 0.2) is 84.2 Å². The lowest BCUT2D eigenvalue weighted by atomic mass is 10.2. The highest BCUT2D eigenvalue weighted by molar-refractivity contribution is 7.76. The second kappa shape index (κ2) is 5.04. The van der Waals surface area contributed by atoms with Gasteiger partial charge in [-0.05, 0) is 36.2 Å². The summed E-state index contributed by atoms with van der Waals surface area (Å²) in [5.74, 6) is 1.36. The van der Waals surface area contributed by atoms with Gasteiger partial charge in [-0.3, -0.25) is 0 Å². The topological polar surface area (TPSA) is 0 Å². The van der Waals surface area contributed by atoms with E-state index in [9.17, 15) is 0 Å². The Hall–Kier alpha value is -1.65. The van der Waals surface area contributed by atoms with Crippen LogP contribution in [0, 0.1) is 11.8 Å². The number of hydrogen-bond donors (Lipinski definition) is 0. The monoisotopic (exact) mass is 276 g/mol. The van der Waals surface area contributed by atoms with Crippen molar-refractivity contribution in [3.63, 3.8) is 0 Å². The van der Waals surface area contributed by atoms with E-state index in [4.69, 9.17) is 0 Å². The van der Waals surface area contributed by atoms with Crippen LogP contribution < -0.4 is 10.6 Å². The van der Waals surface area contributed by atoms with E-state index < -0.39 is 0 Å². The van der Waals surface area contributed by atoms with Crippen LogP contribution in [0.4, 0.5) is 0 Å². The molecule has 0 spiro atoms. The first-order valence-corrected chi connectivity index (χ1v) is 8.56. The van der Waals surface area contributed by atoms with Crippen molar-refractivity contribution in [3.05, 3.63) is 84.2 Å². The van der Waals surface area contributed by atoms with Crippen LogP contribution in [0.1, 0.15) is 6.42 Å². The Morgan fingerprint density at radius 1 is 0.750 bits per heavy atom. The Labute approximate surface area is 121 Å². The van der Waals surface area contributed by atoms with Gasteiger partial charge in [0.2, 0.25) is 0 Å². The quantitative estimate of drug-likeness (QED) is 0.582. The van der Waals surface area contributed by atoms with Crippen molar-refractivity contribution in [2.45, 2.75) is 6.42 Å². The van der Waals surface area contributed by atoms with Crippen molar-refractivity contribution in [2.24, 2.45) is 11.8 Å². The molecule has 0 fully saturated rings. The Bertz CT molecular complexity index is 615. The average molecular weight is 276 g/mol. The van der Waals surface area contributed by atoms with E-state index in [0.717, 1.165) is 0 Å². The molecule has 0 N–H and O–H groups in total. The molecule has 0 aliphatic heterocycles. The lowest BCUT2D eigenvalue weighted by Gasteiger charge is -2.24. The highest BCUT2D eigenvalue weighted by Gasteiger charge is 2.33. The lowest BCUT2D eigenvalue weighted by Crippen LogP contribution is -2.14. The van der Waals surface area contributed by atoms with Gasteiger partial charge in [0.15, 0.2) is 0 Å². The maximum Gasteiger partial charge on any atom is 0.00345 e. The largest absolute Gasteiger partial charge is 0.0810 e. The normalized spacial score (nSPS) is 23.4. The van der Waals surface area contributed by atoms with Crippen LogP contribution in [0.25, 0.3) is 0 Å². The van der Waals surface area contributed by atoms with E-state index >= 15 is 0 Å². The van der Waals surface area contributed by atoms with Gasteiger partial charge >= 0.3 is 0 Å². The Morgan fingerprint density at radius 3 is 1.80 bits per heavy atom. The smallest absolute Gasteiger partial charge is 0.00345 e. The summed E-state index contributed by atoms with van der Waals surface area (Å²) in [6.45, 7) is 0.